The first-order valence-corrected chi connectivity index (χ1v) is 12.0. The van der Waals surface area contributed by atoms with E-state index in [2.05, 4.69) is 5.32 Å². The van der Waals surface area contributed by atoms with Gasteiger partial charge in [0.2, 0.25) is 0 Å². The molecule has 3 aromatic rings. The average Bonchev–Trinajstić information content (AvgIpc) is 3.27. The molecular formula is C26H23ClN2O5S. The van der Waals surface area contributed by atoms with Crippen molar-refractivity contribution in [2.75, 3.05) is 25.6 Å². The maximum atomic E-state index is 13.0. The number of hydrogen-bond donors (Lipinski definition) is 1. The molecule has 0 aliphatic rings. The summed E-state index contributed by atoms with van der Waals surface area (Å²) in [7, 11) is 1.51. The highest BCUT2D eigenvalue weighted by molar-refractivity contribution is 7.15. The van der Waals surface area contributed by atoms with E-state index in [1.165, 1.54) is 24.5 Å². The Bertz CT molecular complexity index is 1290. The summed E-state index contributed by atoms with van der Waals surface area (Å²) < 4.78 is 16.1. The van der Waals surface area contributed by atoms with Gasteiger partial charge >= 0.3 is 5.97 Å². The number of nitrogens with one attached hydrogen (secondary N) is 1. The Morgan fingerprint density at radius 2 is 1.86 bits per heavy atom. The molecule has 0 bridgehead atoms. The van der Waals surface area contributed by atoms with Gasteiger partial charge in [0.15, 0.2) is 11.5 Å². The van der Waals surface area contributed by atoms with Crippen LogP contribution >= 0.6 is 22.9 Å². The number of nitrogens with zero attached hydrogens (tertiary/aromatic N) is 1. The van der Waals surface area contributed by atoms with Crippen LogP contribution in [0.4, 0.5) is 5.00 Å². The molecular weight excluding hydrogens is 488 g/mol. The van der Waals surface area contributed by atoms with Crippen LogP contribution in [0.2, 0.25) is 5.02 Å². The van der Waals surface area contributed by atoms with Crippen LogP contribution in [0, 0.1) is 11.3 Å². The van der Waals surface area contributed by atoms with Gasteiger partial charge in [-0.05, 0) is 55.3 Å². The summed E-state index contributed by atoms with van der Waals surface area (Å²) in [6.07, 6.45) is 1.44. The summed E-state index contributed by atoms with van der Waals surface area (Å²) >= 11 is 7.15. The van der Waals surface area contributed by atoms with Gasteiger partial charge in [-0.25, -0.2) is 4.79 Å². The highest BCUT2D eigenvalue weighted by Crippen LogP contribution is 2.37. The summed E-state index contributed by atoms with van der Waals surface area (Å²) in [5.41, 5.74) is 1.99. The Hall–Kier alpha value is -3.80. The van der Waals surface area contributed by atoms with Crippen molar-refractivity contribution in [2.24, 2.45) is 0 Å². The fourth-order valence-electron chi connectivity index (χ4n) is 3.23. The van der Waals surface area contributed by atoms with E-state index in [9.17, 15) is 14.9 Å². The van der Waals surface area contributed by atoms with Crippen molar-refractivity contribution in [3.8, 4) is 28.7 Å². The van der Waals surface area contributed by atoms with Crippen LogP contribution in [0.3, 0.4) is 0 Å². The molecule has 0 atom stereocenters. The molecule has 180 valence electrons. The number of anilines is 1. The Labute approximate surface area is 212 Å². The molecule has 2 aromatic carbocycles. The zero-order chi connectivity index (χ0) is 25.4. The number of rotatable bonds is 9. The zero-order valence-electron chi connectivity index (χ0n) is 19.4. The minimum Gasteiger partial charge on any atom is -0.493 e. The van der Waals surface area contributed by atoms with Crippen LogP contribution in [0.25, 0.3) is 17.2 Å². The predicted octanol–water partition coefficient (Wildman–Crippen LogP) is 6.20. The molecule has 9 heteroatoms. The van der Waals surface area contributed by atoms with Gasteiger partial charge in [-0.1, -0.05) is 29.8 Å². The largest absolute Gasteiger partial charge is 0.493 e. The second-order valence-electron chi connectivity index (χ2n) is 7.05. The SMILES string of the molecule is CCOC(=O)c1c(-c2ccc(Cl)cc2)csc1NC(=O)C(C#N)=Cc1ccc(OCC)c(OC)c1. The third kappa shape index (κ3) is 6.21. The standard InChI is InChI=1S/C26H23ClN2O5S/c1-4-33-21-11-6-16(13-22(21)32-3)12-18(14-28)24(30)29-25-23(26(31)34-5-2)20(15-35-25)17-7-9-19(27)10-8-17/h6-13,15H,4-5H2,1-3H3,(H,29,30). The van der Waals surface area contributed by atoms with E-state index in [1.54, 1.807) is 54.8 Å². The van der Waals surface area contributed by atoms with Crippen LogP contribution in [-0.4, -0.2) is 32.2 Å². The number of benzene rings is 2. The molecule has 0 saturated heterocycles. The van der Waals surface area contributed by atoms with Gasteiger partial charge in [0.25, 0.3) is 5.91 Å². The van der Waals surface area contributed by atoms with Gasteiger partial charge in [-0.3, -0.25) is 4.79 Å². The molecule has 7 nitrogen and oxygen atoms in total. The van der Waals surface area contributed by atoms with Crippen molar-refractivity contribution >= 4 is 45.9 Å². The molecule has 0 aliphatic carbocycles. The number of methoxy groups -OCH3 is 1. The van der Waals surface area contributed by atoms with Crippen molar-refractivity contribution in [1.29, 1.82) is 5.26 Å². The lowest BCUT2D eigenvalue weighted by Crippen LogP contribution is -2.16. The van der Waals surface area contributed by atoms with Crippen LogP contribution in [0.15, 0.2) is 53.4 Å². The van der Waals surface area contributed by atoms with Crippen molar-refractivity contribution in [2.45, 2.75) is 13.8 Å². The number of ether oxygens (including phenoxy) is 3. The second kappa shape index (κ2) is 12.1. The summed E-state index contributed by atoms with van der Waals surface area (Å²) in [4.78, 5) is 25.7. The third-order valence-electron chi connectivity index (χ3n) is 4.82. The highest BCUT2D eigenvalue weighted by atomic mass is 35.5. The smallest absolute Gasteiger partial charge is 0.341 e. The van der Waals surface area contributed by atoms with E-state index < -0.39 is 11.9 Å². The minimum absolute atomic E-state index is 0.146. The van der Waals surface area contributed by atoms with Crippen LogP contribution < -0.4 is 14.8 Å². The number of halogens is 1. The van der Waals surface area contributed by atoms with E-state index in [1.807, 2.05) is 13.0 Å². The van der Waals surface area contributed by atoms with Crippen LogP contribution in [0.5, 0.6) is 11.5 Å². The van der Waals surface area contributed by atoms with E-state index in [0.717, 1.165) is 5.56 Å². The van der Waals surface area contributed by atoms with Gasteiger partial charge in [0, 0.05) is 16.0 Å². The third-order valence-corrected chi connectivity index (χ3v) is 5.96. The van der Waals surface area contributed by atoms with Crippen molar-refractivity contribution in [3.05, 3.63) is 69.6 Å². The molecule has 0 unspecified atom stereocenters. The molecule has 0 fully saturated rings. The second-order valence-corrected chi connectivity index (χ2v) is 8.36. The first-order valence-electron chi connectivity index (χ1n) is 10.7. The number of nitriles is 1. The summed E-state index contributed by atoms with van der Waals surface area (Å²) in [5.74, 6) is -0.195. The number of thiophene rings is 1. The molecule has 1 amide bonds. The van der Waals surface area contributed by atoms with Gasteiger partial charge < -0.3 is 19.5 Å². The maximum absolute atomic E-state index is 13.0. The molecule has 1 N–H and O–H groups in total. The lowest BCUT2D eigenvalue weighted by molar-refractivity contribution is -0.112. The maximum Gasteiger partial charge on any atom is 0.341 e. The summed E-state index contributed by atoms with van der Waals surface area (Å²) in [6.45, 7) is 4.20. The molecule has 0 radical (unpaired) electrons. The fourth-order valence-corrected chi connectivity index (χ4v) is 4.31. The number of amides is 1. The zero-order valence-corrected chi connectivity index (χ0v) is 21.0. The van der Waals surface area contributed by atoms with E-state index in [4.69, 9.17) is 25.8 Å². The molecule has 1 aromatic heterocycles. The lowest BCUT2D eigenvalue weighted by Gasteiger charge is -2.10. The number of carbonyl (C=O) groups excluding carboxylic acids is 2. The number of hydrogen-bond acceptors (Lipinski definition) is 7. The van der Waals surface area contributed by atoms with Gasteiger partial charge in [-0.15, -0.1) is 11.3 Å². The fraction of sp³-hybridized carbons (Fsp3) is 0.192. The molecule has 0 aliphatic heterocycles. The van der Waals surface area contributed by atoms with Gasteiger partial charge in [0.1, 0.15) is 22.2 Å². The van der Waals surface area contributed by atoms with Gasteiger partial charge in [0.05, 0.1) is 20.3 Å². The van der Waals surface area contributed by atoms with Crippen LogP contribution in [-0.2, 0) is 9.53 Å². The molecule has 1 heterocycles. The Kier molecular flexibility index (Phi) is 8.90. The first-order chi connectivity index (χ1) is 16.9. The molecule has 35 heavy (non-hydrogen) atoms. The Morgan fingerprint density at radius 1 is 1.11 bits per heavy atom. The van der Waals surface area contributed by atoms with E-state index in [-0.39, 0.29) is 22.7 Å². The first kappa shape index (κ1) is 25.8. The molecule has 0 saturated carbocycles. The number of esters is 1. The minimum atomic E-state index is -0.657. The number of carbonyl (C=O) groups is 2. The summed E-state index contributed by atoms with van der Waals surface area (Å²) in [5, 5.41) is 14.9. The van der Waals surface area contributed by atoms with Crippen molar-refractivity contribution < 1.29 is 23.8 Å². The summed E-state index contributed by atoms with van der Waals surface area (Å²) in [6, 6.07) is 14.0. The van der Waals surface area contributed by atoms with E-state index in [0.29, 0.717) is 34.3 Å². The monoisotopic (exact) mass is 510 g/mol. The normalized spacial score (nSPS) is 10.9. The van der Waals surface area contributed by atoms with Crippen molar-refractivity contribution in [1.82, 2.24) is 0 Å². The topological polar surface area (TPSA) is 97.7 Å². The molecule has 0 spiro atoms. The van der Waals surface area contributed by atoms with Gasteiger partial charge in [-0.2, -0.15) is 5.26 Å². The lowest BCUT2D eigenvalue weighted by atomic mass is 10.0. The quantitative estimate of drug-likeness (QED) is 0.209. The van der Waals surface area contributed by atoms with E-state index >= 15 is 0 Å². The average molecular weight is 511 g/mol. The Balaban J connectivity index is 1.94. The Morgan fingerprint density at radius 3 is 2.49 bits per heavy atom. The van der Waals surface area contributed by atoms with Crippen molar-refractivity contribution in [3.63, 3.8) is 0 Å². The van der Waals surface area contributed by atoms with Crippen LogP contribution in [0.1, 0.15) is 29.8 Å². The molecule has 3 rings (SSSR count). The highest BCUT2D eigenvalue weighted by Gasteiger charge is 2.24. The predicted molar refractivity (Wildman–Crippen MR) is 137 cm³/mol.